The second-order valence-corrected chi connectivity index (χ2v) is 6.16. The minimum Gasteiger partial charge on any atom is -0.399 e. The fourth-order valence-corrected chi connectivity index (χ4v) is 3.53. The molecule has 98 valence electrons. The molecule has 0 aliphatic carbocycles. The lowest BCUT2D eigenvalue weighted by atomic mass is 10.3. The number of aromatic nitrogens is 2. The Kier molecular flexibility index (Phi) is 3.30. The molecule has 0 aliphatic heterocycles. The van der Waals surface area contributed by atoms with E-state index in [1.807, 2.05) is 28.1 Å². The zero-order valence-corrected chi connectivity index (χ0v) is 12.4. The number of anilines is 1. The first-order chi connectivity index (χ1) is 9.17. The summed E-state index contributed by atoms with van der Waals surface area (Å²) in [6, 6.07) is 7.70. The topological polar surface area (TPSA) is 64.1 Å². The van der Waals surface area contributed by atoms with E-state index in [-0.39, 0.29) is 6.61 Å². The second kappa shape index (κ2) is 4.96. The van der Waals surface area contributed by atoms with Crippen molar-refractivity contribution >= 4 is 44.0 Å². The number of nitrogens with two attached hydrogens (primary N) is 1. The van der Waals surface area contributed by atoms with Crippen molar-refractivity contribution in [3.63, 3.8) is 0 Å². The third-order valence-corrected chi connectivity index (χ3v) is 4.61. The van der Waals surface area contributed by atoms with E-state index in [0.29, 0.717) is 18.1 Å². The summed E-state index contributed by atoms with van der Waals surface area (Å²) in [6.07, 6.45) is 0. The highest BCUT2D eigenvalue weighted by atomic mass is 79.9. The number of aliphatic hydroxyl groups excluding tert-OH is 1. The van der Waals surface area contributed by atoms with Gasteiger partial charge in [-0.3, -0.25) is 0 Å². The van der Waals surface area contributed by atoms with Gasteiger partial charge in [0, 0.05) is 20.4 Å². The number of nitrogen functional groups attached to an aromatic ring is 1. The van der Waals surface area contributed by atoms with E-state index in [2.05, 4.69) is 27.0 Å². The van der Waals surface area contributed by atoms with Crippen LogP contribution in [0.25, 0.3) is 11.0 Å². The van der Waals surface area contributed by atoms with Crippen molar-refractivity contribution in [3.05, 3.63) is 44.8 Å². The molecule has 0 unspecified atom stereocenters. The van der Waals surface area contributed by atoms with Gasteiger partial charge in [-0.25, -0.2) is 4.98 Å². The molecule has 0 saturated heterocycles. The van der Waals surface area contributed by atoms with Crippen LogP contribution < -0.4 is 5.73 Å². The summed E-state index contributed by atoms with van der Waals surface area (Å²) in [5.41, 5.74) is 8.25. The summed E-state index contributed by atoms with van der Waals surface area (Å²) >= 11 is 5.13. The van der Waals surface area contributed by atoms with E-state index in [9.17, 15) is 5.11 Å². The maximum absolute atomic E-state index is 9.45. The van der Waals surface area contributed by atoms with Crippen molar-refractivity contribution in [2.45, 2.75) is 13.2 Å². The van der Waals surface area contributed by atoms with Gasteiger partial charge in [-0.15, -0.1) is 11.3 Å². The number of thiophene rings is 1. The summed E-state index contributed by atoms with van der Waals surface area (Å²) < 4.78 is 3.10. The first-order valence-electron chi connectivity index (χ1n) is 5.76. The molecular formula is C13H12BrN3OS. The number of halogens is 1. The van der Waals surface area contributed by atoms with E-state index >= 15 is 0 Å². The maximum atomic E-state index is 9.45. The smallest absolute Gasteiger partial charge is 0.136 e. The molecule has 3 N–H and O–H groups in total. The lowest BCUT2D eigenvalue weighted by molar-refractivity contribution is 0.267. The fraction of sp³-hybridized carbons (Fsp3) is 0.154. The van der Waals surface area contributed by atoms with Crippen LogP contribution >= 0.6 is 27.3 Å². The molecule has 19 heavy (non-hydrogen) atoms. The number of imidazole rings is 1. The predicted octanol–water partition coefficient (Wildman–Crippen LogP) is 2.98. The number of fused-ring (bicyclic) bond motifs is 1. The Bertz CT molecular complexity index is 735. The molecule has 0 atom stereocenters. The third kappa shape index (κ3) is 2.39. The Morgan fingerprint density at radius 3 is 2.89 bits per heavy atom. The molecule has 1 aromatic carbocycles. The largest absolute Gasteiger partial charge is 0.399 e. The minimum absolute atomic E-state index is 0.0822. The van der Waals surface area contributed by atoms with Crippen LogP contribution in [0.15, 0.2) is 34.1 Å². The Hall–Kier alpha value is -1.37. The highest BCUT2D eigenvalue weighted by Gasteiger charge is 2.11. The van der Waals surface area contributed by atoms with Gasteiger partial charge >= 0.3 is 0 Å². The monoisotopic (exact) mass is 337 g/mol. The first-order valence-corrected chi connectivity index (χ1v) is 7.43. The number of rotatable bonds is 3. The van der Waals surface area contributed by atoms with Crippen LogP contribution in [0, 0.1) is 0 Å². The van der Waals surface area contributed by atoms with Crippen LogP contribution in [-0.4, -0.2) is 14.7 Å². The molecular weight excluding hydrogens is 326 g/mol. The Balaban J connectivity index is 2.10. The molecule has 2 heterocycles. The second-order valence-electron chi connectivity index (χ2n) is 4.25. The van der Waals surface area contributed by atoms with Gasteiger partial charge in [-0.2, -0.15) is 0 Å². The van der Waals surface area contributed by atoms with Crippen LogP contribution in [0.2, 0.25) is 0 Å². The standard InChI is InChI=1S/C13H12BrN3OS/c14-8-3-10(19-7-8)5-17-12-2-1-9(15)4-11(12)16-13(17)6-18/h1-4,7,18H,5-6,15H2. The third-order valence-electron chi connectivity index (χ3n) is 2.93. The van der Waals surface area contributed by atoms with Crippen molar-refractivity contribution in [2.24, 2.45) is 0 Å². The van der Waals surface area contributed by atoms with Crippen LogP contribution in [-0.2, 0) is 13.2 Å². The molecule has 0 aliphatic rings. The molecule has 4 nitrogen and oxygen atoms in total. The maximum Gasteiger partial charge on any atom is 0.136 e. The lowest BCUT2D eigenvalue weighted by Gasteiger charge is -2.06. The predicted molar refractivity (Wildman–Crippen MR) is 81.2 cm³/mol. The van der Waals surface area contributed by atoms with Crippen molar-refractivity contribution in [3.8, 4) is 0 Å². The van der Waals surface area contributed by atoms with E-state index in [0.717, 1.165) is 15.5 Å². The lowest BCUT2D eigenvalue weighted by Crippen LogP contribution is -2.03. The Morgan fingerprint density at radius 1 is 1.37 bits per heavy atom. The molecule has 3 aromatic rings. The number of benzene rings is 1. The van der Waals surface area contributed by atoms with Gasteiger partial charge in [-0.05, 0) is 40.2 Å². The van der Waals surface area contributed by atoms with E-state index in [1.165, 1.54) is 4.88 Å². The normalized spacial score (nSPS) is 11.3. The van der Waals surface area contributed by atoms with Gasteiger partial charge < -0.3 is 15.4 Å². The minimum atomic E-state index is -0.0822. The average molecular weight is 338 g/mol. The summed E-state index contributed by atoms with van der Waals surface area (Å²) in [7, 11) is 0. The van der Waals surface area contributed by atoms with Crippen molar-refractivity contribution in [1.29, 1.82) is 0 Å². The number of hydrogen-bond donors (Lipinski definition) is 2. The van der Waals surface area contributed by atoms with Gasteiger partial charge in [0.1, 0.15) is 12.4 Å². The number of hydrogen-bond acceptors (Lipinski definition) is 4. The number of nitrogens with zero attached hydrogens (tertiary/aromatic N) is 2. The molecule has 3 rings (SSSR count). The SMILES string of the molecule is Nc1ccc2c(c1)nc(CO)n2Cc1cc(Br)cs1. The number of aliphatic hydroxyl groups is 1. The van der Waals surface area contributed by atoms with Gasteiger partial charge in [-0.1, -0.05) is 0 Å². The van der Waals surface area contributed by atoms with Crippen molar-refractivity contribution < 1.29 is 5.11 Å². The van der Waals surface area contributed by atoms with Crippen LogP contribution in [0.3, 0.4) is 0 Å². The Labute approximate surface area is 122 Å². The molecule has 0 saturated carbocycles. The average Bonchev–Trinajstić information content (AvgIpc) is 2.94. The van der Waals surface area contributed by atoms with E-state index < -0.39 is 0 Å². The first kappa shape index (κ1) is 12.7. The molecule has 6 heteroatoms. The van der Waals surface area contributed by atoms with Crippen LogP contribution in [0.5, 0.6) is 0 Å². The molecule has 0 bridgehead atoms. The summed E-state index contributed by atoms with van der Waals surface area (Å²) in [5.74, 6) is 0.658. The molecule has 2 aromatic heterocycles. The van der Waals surface area contributed by atoms with E-state index in [4.69, 9.17) is 5.73 Å². The van der Waals surface area contributed by atoms with Gasteiger partial charge in [0.15, 0.2) is 0 Å². The summed E-state index contributed by atoms with van der Waals surface area (Å²) in [4.78, 5) is 5.63. The van der Waals surface area contributed by atoms with Gasteiger partial charge in [0.25, 0.3) is 0 Å². The molecule has 0 amide bonds. The van der Waals surface area contributed by atoms with Crippen molar-refractivity contribution in [1.82, 2.24) is 9.55 Å². The fourth-order valence-electron chi connectivity index (χ4n) is 2.09. The molecule has 0 spiro atoms. The highest BCUT2D eigenvalue weighted by molar-refractivity contribution is 9.10. The van der Waals surface area contributed by atoms with Gasteiger partial charge in [0.2, 0.25) is 0 Å². The van der Waals surface area contributed by atoms with Crippen LogP contribution in [0.4, 0.5) is 5.69 Å². The van der Waals surface area contributed by atoms with Gasteiger partial charge in [0.05, 0.1) is 17.6 Å². The van der Waals surface area contributed by atoms with Crippen molar-refractivity contribution in [2.75, 3.05) is 5.73 Å². The summed E-state index contributed by atoms with van der Waals surface area (Å²) in [5, 5.41) is 11.5. The van der Waals surface area contributed by atoms with Crippen LogP contribution in [0.1, 0.15) is 10.7 Å². The zero-order chi connectivity index (χ0) is 13.4. The zero-order valence-electron chi connectivity index (χ0n) is 10.0. The molecule has 0 radical (unpaired) electrons. The summed E-state index contributed by atoms with van der Waals surface area (Å²) in [6.45, 7) is 0.619. The quantitative estimate of drug-likeness (QED) is 0.722. The molecule has 0 fully saturated rings. The Morgan fingerprint density at radius 2 is 2.21 bits per heavy atom. The highest BCUT2D eigenvalue weighted by Crippen LogP contribution is 2.24. The van der Waals surface area contributed by atoms with E-state index in [1.54, 1.807) is 11.3 Å².